The standard InChI is InChI=1S/C12H11BrOS2/c1-7-3-12(16-8(7)2)11(14)5-10-4-9(13)6-15-10/h3-4,6H,5H2,1-2H3. The summed E-state index contributed by atoms with van der Waals surface area (Å²) in [5.74, 6) is 0.218. The molecule has 2 rings (SSSR count). The van der Waals surface area contributed by atoms with Crippen LogP contribution in [0.1, 0.15) is 25.0 Å². The average Bonchev–Trinajstić information content (AvgIpc) is 2.75. The Balaban J connectivity index is 2.14. The highest BCUT2D eigenvalue weighted by Gasteiger charge is 2.12. The summed E-state index contributed by atoms with van der Waals surface area (Å²) in [6.07, 6.45) is 0.510. The van der Waals surface area contributed by atoms with Gasteiger partial charge in [-0.05, 0) is 47.5 Å². The second kappa shape index (κ2) is 4.82. The van der Waals surface area contributed by atoms with Crippen molar-refractivity contribution in [2.24, 2.45) is 0 Å². The van der Waals surface area contributed by atoms with Gasteiger partial charge in [-0.1, -0.05) is 0 Å². The summed E-state index contributed by atoms with van der Waals surface area (Å²) in [4.78, 5) is 15.2. The van der Waals surface area contributed by atoms with Gasteiger partial charge < -0.3 is 0 Å². The lowest BCUT2D eigenvalue weighted by Crippen LogP contribution is -1.98. The zero-order valence-electron chi connectivity index (χ0n) is 9.04. The molecule has 0 N–H and O–H groups in total. The number of hydrogen-bond acceptors (Lipinski definition) is 3. The first kappa shape index (κ1) is 12.0. The molecule has 4 heteroatoms. The lowest BCUT2D eigenvalue weighted by Gasteiger charge is -1.93. The normalized spacial score (nSPS) is 10.7. The van der Waals surface area contributed by atoms with E-state index in [1.165, 1.54) is 10.4 Å². The highest BCUT2D eigenvalue weighted by Crippen LogP contribution is 2.25. The molecule has 0 saturated carbocycles. The Kier molecular flexibility index (Phi) is 3.62. The van der Waals surface area contributed by atoms with E-state index in [9.17, 15) is 4.79 Å². The van der Waals surface area contributed by atoms with Gasteiger partial charge in [-0.2, -0.15) is 0 Å². The maximum Gasteiger partial charge on any atom is 0.177 e. The molecule has 0 fully saturated rings. The first-order valence-electron chi connectivity index (χ1n) is 4.89. The first-order chi connectivity index (χ1) is 7.56. The molecule has 2 heterocycles. The van der Waals surface area contributed by atoms with Crippen molar-refractivity contribution < 1.29 is 4.79 Å². The first-order valence-corrected chi connectivity index (χ1v) is 7.38. The predicted octanol–water partition coefficient (Wildman–Crippen LogP) is 4.61. The van der Waals surface area contributed by atoms with E-state index in [0.29, 0.717) is 6.42 Å². The smallest absolute Gasteiger partial charge is 0.177 e. The summed E-state index contributed by atoms with van der Waals surface area (Å²) < 4.78 is 1.05. The molecule has 0 unspecified atom stereocenters. The van der Waals surface area contributed by atoms with Gasteiger partial charge in [-0.3, -0.25) is 4.79 Å². The Morgan fingerprint density at radius 2 is 2.12 bits per heavy atom. The van der Waals surface area contributed by atoms with E-state index >= 15 is 0 Å². The Morgan fingerprint density at radius 1 is 1.38 bits per heavy atom. The van der Waals surface area contributed by atoms with Crippen LogP contribution < -0.4 is 0 Å². The summed E-state index contributed by atoms with van der Waals surface area (Å²) in [5.41, 5.74) is 1.21. The fourth-order valence-electron chi connectivity index (χ4n) is 1.40. The molecule has 2 aromatic rings. The highest BCUT2D eigenvalue weighted by atomic mass is 79.9. The van der Waals surface area contributed by atoms with E-state index in [1.807, 2.05) is 24.4 Å². The summed E-state index contributed by atoms with van der Waals surface area (Å²) >= 11 is 6.61. The van der Waals surface area contributed by atoms with Gasteiger partial charge in [0.25, 0.3) is 0 Å². The summed E-state index contributed by atoms with van der Waals surface area (Å²) in [7, 11) is 0. The third-order valence-electron chi connectivity index (χ3n) is 2.40. The van der Waals surface area contributed by atoms with Gasteiger partial charge in [0, 0.05) is 26.0 Å². The molecule has 0 aliphatic heterocycles. The van der Waals surface area contributed by atoms with Gasteiger partial charge in [0.05, 0.1) is 4.88 Å². The highest BCUT2D eigenvalue weighted by molar-refractivity contribution is 9.10. The molecule has 0 amide bonds. The number of carbonyl (C=O) groups is 1. The van der Waals surface area contributed by atoms with Crippen molar-refractivity contribution in [1.29, 1.82) is 0 Å². The number of rotatable bonds is 3. The van der Waals surface area contributed by atoms with Crippen LogP contribution in [0.5, 0.6) is 0 Å². The van der Waals surface area contributed by atoms with Crippen LogP contribution in [-0.4, -0.2) is 5.78 Å². The fourth-order valence-corrected chi connectivity index (χ4v) is 3.82. The van der Waals surface area contributed by atoms with E-state index in [2.05, 4.69) is 22.9 Å². The number of hydrogen-bond donors (Lipinski definition) is 0. The Morgan fingerprint density at radius 3 is 2.62 bits per heavy atom. The maximum atomic E-state index is 12.0. The average molecular weight is 315 g/mol. The monoisotopic (exact) mass is 314 g/mol. The van der Waals surface area contributed by atoms with Gasteiger partial charge in [-0.25, -0.2) is 0 Å². The third kappa shape index (κ3) is 2.62. The van der Waals surface area contributed by atoms with Crippen LogP contribution in [0.25, 0.3) is 0 Å². The Hall–Kier alpha value is -0.450. The zero-order valence-corrected chi connectivity index (χ0v) is 12.3. The largest absolute Gasteiger partial charge is 0.293 e. The number of aryl methyl sites for hydroxylation is 2. The third-order valence-corrected chi connectivity index (χ3v) is 5.29. The van der Waals surface area contributed by atoms with Crippen molar-refractivity contribution in [3.8, 4) is 0 Å². The predicted molar refractivity (Wildman–Crippen MR) is 73.8 cm³/mol. The van der Waals surface area contributed by atoms with Crippen LogP contribution in [0.2, 0.25) is 0 Å². The van der Waals surface area contributed by atoms with Gasteiger partial charge >= 0.3 is 0 Å². The van der Waals surface area contributed by atoms with Crippen LogP contribution in [0.15, 0.2) is 22.0 Å². The van der Waals surface area contributed by atoms with Gasteiger partial charge in [0.1, 0.15) is 0 Å². The molecule has 0 spiro atoms. The summed E-state index contributed by atoms with van der Waals surface area (Å²) in [6.45, 7) is 4.10. The molecule has 0 saturated heterocycles. The molecule has 0 bridgehead atoms. The fraction of sp³-hybridized carbons (Fsp3) is 0.250. The number of halogens is 1. The zero-order chi connectivity index (χ0) is 11.7. The van der Waals surface area contributed by atoms with Crippen LogP contribution in [0.4, 0.5) is 0 Å². The van der Waals surface area contributed by atoms with Crippen molar-refractivity contribution in [2.45, 2.75) is 20.3 Å². The van der Waals surface area contributed by atoms with Crippen molar-refractivity contribution in [3.63, 3.8) is 0 Å². The number of ketones is 1. The topological polar surface area (TPSA) is 17.1 Å². The van der Waals surface area contributed by atoms with Crippen molar-refractivity contribution >= 4 is 44.4 Å². The van der Waals surface area contributed by atoms with Crippen molar-refractivity contribution in [3.05, 3.63) is 42.2 Å². The minimum absolute atomic E-state index is 0.218. The van der Waals surface area contributed by atoms with E-state index in [-0.39, 0.29) is 5.78 Å². The van der Waals surface area contributed by atoms with Gasteiger partial charge in [0.2, 0.25) is 0 Å². The minimum Gasteiger partial charge on any atom is -0.293 e. The van der Waals surface area contributed by atoms with E-state index < -0.39 is 0 Å². The lowest BCUT2D eigenvalue weighted by molar-refractivity contribution is 0.0997. The molecule has 0 atom stereocenters. The summed E-state index contributed by atoms with van der Waals surface area (Å²) in [6, 6.07) is 4.00. The van der Waals surface area contributed by atoms with Gasteiger partial charge in [-0.15, -0.1) is 22.7 Å². The molecule has 2 aromatic heterocycles. The Bertz CT molecular complexity index is 505. The lowest BCUT2D eigenvalue weighted by atomic mass is 10.2. The maximum absolute atomic E-state index is 12.0. The van der Waals surface area contributed by atoms with Crippen LogP contribution in [-0.2, 0) is 6.42 Å². The minimum atomic E-state index is 0.218. The SMILES string of the molecule is Cc1cc(C(=O)Cc2cc(Br)cs2)sc1C. The quantitative estimate of drug-likeness (QED) is 0.756. The second-order valence-corrected chi connectivity index (χ2v) is 6.85. The van der Waals surface area contributed by atoms with Gasteiger partial charge in [0.15, 0.2) is 5.78 Å². The van der Waals surface area contributed by atoms with Crippen LogP contribution >= 0.6 is 38.6 Å². The molecule has 0 aliphatic carbocycles. The number of thiophene rings is 2. The number of carbonyl (C=O) groups excluding carboxylic acids is 1. The summed E-state index contributed by atoms with van der Waals surface area (Å²) in [5, 5.41) is 2.01. The molecule has 0 aromatic carbocycles. The Labute approximate surface area is 111 Å². The molecular formula is C12H11BrOS2. The molecule has 1 nitrogen and oxygen atoms in total. The van der Waals surface area contributed by atoms with Crippen molar-refractivity contribution in [2.75, 3.05) is 0 Å². The van der Waals surface area contributed by atoms with E-state index in [4.69, 9.17) is 0 Å². The molecule has 16 heavy (non-hydrogen) atoms. The van der Waals surface area contributed by atoms with Crippen molar-refractivity contribution in [1.82, 2.24) is 0 Å². The number of Topliss-reactive ketones (excluding diaryl/α,β-unsaturated/α-hetero) is 1. The molecule has 0 aliphatic rings. The molecule has 0 radical (unpaired) electrons. The molecular weight excluding hydrogens is 304 g/mol. The van der Waals surface area contributed by atoms with Crippen LogP contribution in [0, 0.1) is 13.8 Å². The van der Waals surface area contributed by atoms with E-state index in [0.717, 1.165) is 14.2 Å². The molecule has 84 valence electrons. The van der Waals surface area contributed by atoms with E-state index in [1.54, 1.807) is 22.7 Å². The second-order valence-electron chi connectivity index (χ2n) is 3.68. The van der Waals surface area contributed by atoms with Crippen LogP contribution in [0.3, 0.4) is 0 Å².